The van der Waals surface area contributed by atoms with Gasteiger partial charge >= 0.3 is 12.6 Å². The molecule has 2 rings (SSSR count). The van der Waals surface area contributed by atoms with Gasteiger partial charge in [0.05, 0.1) is 6.61 Å². The molecule has 1 aliphatic rings. The Bertz CT molecular complexity index is 674. The van der Waals surface area contributed by atoms with E-state index in [1.807, 2.05) is 0 Å². The molecule has 0 aromatic heterocycles. The van der Waals surface area contributed by atoms with Crippen LogP contribution in [0.4, 0.5) is 8.78 Å². The minimum absolute atomic E-state index is 0.0908. The van der Waals surface area contributed by atoms with E-state index in [4.69, 9.17) is 9.47 Å². The number of carbonyl (C=O) groups is 2. The van der Waals surface area contributed by atoms with Crippen LogP contribution in [0.2, 0.25) is 0 Å². The third kappa shape index (κ3) is 6.34. The predicted molar refractivity (Wildman–Crippen MR) is 90.0 cm³/mol. The summed E-state index contributed by atoms with van der Waals surface area (Å²) in [6.45, 7) is 0.504. The first-order chi connectivity index (χ1) is 12.4. The molecule has 1 N–H and O–H groups in total. The van der Waals surface area contributed by atoms with E-state index in [0.717, 1.165) is 18.9 Å². The van der Waals surface area contributed by atoms with Gasteiger partial charge in [0.1, 0.15) is 0 Å². The number of nitrogens with one attached hydrogen (secondary N) is 1. The van der Waals surface area contributed by atoms with E-state index in [0.29, 0.717) is 5.56 Å². The molecule has 0 radical (unpaired) electrons. The zero-order chi connectivity index (χ0) is 19.1. The van der Waals surface area contributed by atoms with Crippen molar-refractivity contribution in [1.29, 1.82) is 0 Å². The zero-order valence-corrected chi connectivity index (χ0v) is 14.5. The number of amides is 1. The number of benzene rings is 1. The second-order valence-electron chi connectivity index (χ2n) is 5.71. The van der Waals surface area contributed by atoms with Gasteiger partial charge < -0.3 is 19.5 Å². The summed E-state index contributed by atoms with van der Waals surface area (Å²) in [5.74, 6) is -0.969. The number of carbonyl (C=O) groups excluding carboxylic acids is 2. The molecule has 1 saturated carbocycles. The van der Waals surface area contributed by atoms with Gasteiger partial charge in [0.2, 0.25) is 0 Å². The molecule has 1 aliphatic carbocycles. The highest BCUT2D eigenvalue weighted by Crippen LogP contribution is 2.30. The van der Waals surface area contributed by atoms with Crippen LogP contribution in [0.15, 0.2) is 24.3 Å². The third-order valence-electron chi connectivity index (χ3n) is 3.48. The number of ether oxygens (including phenoxy) is 3. The van der Waals surface area contributed by atoms with Crippen molar-refractivity contribution in [2.24, 2.45) is 0 Å². The fourth-order valence-corrected chi connectivity index (χ4v) is 2.07. The van der Waals surface area contributed by atoms with Crippen molar-refractivity contribution in [2.75, 3.05) is 6.61 Å². The molecule has 1 fully saturated rings. The first-order valence-electron chi connectivity index (χ1n) is 8.29. The summed E-state index contributed by atoms with van der Waals surface area (Å²) < 4.78 is 39.4. The number of hydrogen-bond acceptors (Lipinski definition) is 5. The molecule has 142 valence electrons. The topological polar surface area (TPSA) is 73.9 Å². The van der Waals surface area contributed by atoms with Crippen molar-refractivity contribution in [3.8, 4) is 11.5 Å². The highest BCUT2D eigenvalue weighted by molar-refractivity contribution is 5.90. The number of hydrogen-bond donors (Lipinski definition) is 1. The Kier molecular flexibility index (Phi) is 6.94. The average molecular weight is 369 g/mol. The predicted octanol–water partition coefficient (Wildman–Crippen LogP) is 2.91. The first-order valence-corrected chi connectivity index (χ1v) is 8.29. The Hall–Kier alpha value is -2.64. The molecule has 0 saturated heterocycles. The molecule has 26 heavy (non-hydrogen) atoms. The maximum atomic E-state index is 12.4. The van der Waals surface area contributed by atoms with Crippen molar-refractivity contribution >= 4 is 18.0 Å². The summed E-state index contributed by atoms with van der Waals surface area (Å²) in [4.78, 5) is 23.6. The van der Waals surface area contributed by atoms with Crippen LogP contribution < -0.4 is 14.8 Å². The minimum atomic E-state index is -2.96. The smallest absolute Gasteiger partial charge is 0.387 e. The first kappa shape index (κ1) is 19.7. The molecule has 0 unspecified atom stereocenters. The number of esters is 1. The second-order valence-corrected chi connectivity index (χ2v) is 5.71. The Morgan fingerprint density at radius 2 is 2.04 bits per heavy atom. The fraction of sp³-hybridized carbons (Fsp3) is 0.444. The van der Waals surface area contributed by atoms with Crippen molar-refractivity contribution in [2.45, 2.75) is 45.4 Å². The number of rotatable bonds is 9. The molecule has 1 aromatic rings. The highest BCUT2D eigenvalue weighted by atomic mass is 19.3. The van der Waals surface area contributed by atoms with E-state index >= 15 is 0 Å². The van der Waals surface area contributed by atoms with Crippen LogP contribution in [0, 0.1) is 0 Å². The Morgan fingerprint density at radius 3 is 2.65 bits per heavy atom. The lowest BCUT2D eigenvalue weighted by atomic mass is 10.2. The summed E-state index contributed by atoms with van der Waals surface area (Å²) in [5, 5.41) is 2.74. The maximum Gasteiger partial charge on any atom is 0.387 e. The lowest BCUT2D eigenvalue weighted by Gasteiger charge is -2.12. The largest absolute Gasteiger partial charge is 0.490 e. The summed E-state index contributed by atoms with van der Waals surface area (Å²) in [5.41, 5.74) is 0.530. The van der Waals surface area contributed by atoms with Gasteiger partial charge in [0.25, 0.3) is 5.91 Å². The van der Waals surface area contributed by atoms with Gasteiger partial charge in [-0.2, -0.15) is 8.78 Å². The van der Waals surface area contributed by atoms with Gasteiger partial charge in [-0.25, -0.2) is 4.79 Å². The number of alkyl halides is 2. The molecule has 1 atom stereocenters. The Morgan fingerprint density at radius 1 is 1.31 bits per heavy atom. The van der Waals surface area contributed by atoms with Crippen LogP contribution in [-0.2, 0) is 14.3 Å². The van der Waals surface area contributed by atoms with Crippen LogP contribution in [-0.4, -0.2) is 37.2 Å². The number of halogens is 2. The molecular weight excluding hydrogens is 348 g/mol. The molecule has 8 heteroatoms. The average Bonchev–Trinajstić information content (AvgIpc) is 3.38. The van der Waals surface area contributed by atoms with Gasteiger partial charge in [0.15, 0.2) is 17.6 Å². The molecule has 6 nitrogen and oxygen atoms in total. The van der Waals surface area contributed by atoms with Crippen molar-refractivity contribution < 1.29 is 32.6 Å². The SMILES string of the molecule is CCOc1cc(/C=C/C(=O)O[C@@H](C)C(=O)NC2CC2)ccc1OC(F)F. The lowest BCUT2D eigenvalue weighted by molar-refractivity contribution is -0.150. The van der Waals surface area contributed by atoms with Crippen molar-refractivity contribution in [3.05, 3.63) is 29.8 Å². The Labute approximate surface area is 150 Å². The third-order valence-corrected chi connectivity index (χ3v) is 3.48. The van der Waals surface area contributed by atoms with Gasteiger partial charge in [-0.3, -0.25) is 4.79 Å². The molecule has 0 aliphatic heterocycles. The molecule has 0 bridgehead atoms. The maximum absolute atomic E-state index is 12.4. The van der Waals surface area contributed by atoms with Crippen LogP contribution in [0.25, 0.3) is 6.08 Å². The monoisotopic (exact) mass is 369 g/mol. The van der Waals surface area contributed by atoms with Crippen LogP contribution in [0.5, 0.6) is 11.5 Å². The van der Waals surface area contributed by atoms with Gasteiger partial charge in [0, 0.05) is 12.1 Å². The molecule has 0 spiro atoms. The van der Waals surface area contributed by atoms with E-state index in [-0.39, 0.29) is 30.1 Å². The highest BCUT2D eigenvalue weighted by Gasteiger charge is 2.26. The summed E-state index contributed by atoms with van der Waals surface area (Å²) >= 11 is 0. The summed E-state index contributed by atoms with van der Waals surface area (Å²) in [6, 6.07) is 4.47. The van der Waals surface area contributed by atoms with Crippen LogP contribution in [0.3, 0.4) is 0 Å². The lowest BCUT2D eigenvalue weighted by Crippen LogP contribution is -2.36. The van der Waals surface area contributed by atoms with Gasteiger partial charge in [-0.05, 0) is 50.5 Å². The molecular formula is C18H21F2NO5. The molecule has 1 aromatic carbocycles. The van der Waals surface area contributed by atoms with Crippen LogP contribution >= 0.6 is 0 Å². The van der Waals surface area contributed by atoms with Gasteiger partial charge in [-0.1, -0.05) is 6.07 Å². The fourth-order valence-electron chi connectivity index (χ4n) is 2.07. The van der Waals surface area contributed by atoms with E-state index in [1.54, 1.807) is 6.92 Å². The normalized spacial score (nSPS) is 15.0. The van der Waals surface area contributed by atoms with Crippen molar-refractivity contribution in [1.82, 2.24) is 5.32 Å². The van der Waals surface area contributed by atoms with E-state index in [1.165, 1.54) is 31.2 Å². The minimum Gasteiger partial charge on any atom is -0.490 e. The standard InChI is InChI=1S/C18H21F2NO5/c1-3-24-15-10-12(4-8-14(15)26-18(19)20)5-9-16(22)25-11(2)17(23)21-13-6-7-13/h4-5,8-11,13,18H,3,6-7H2,1-2H3,(H,21,23)/b9-5+/t11-/m0/s1. The van der Waals surface area contributed by atoms with Crippen LogP contribution in [0.1, 0.15) is 32.3 Å². The Balaban J connectivity index is 1.95. The molecule has 0 heterocycles. The summed E-state index contributed by atoms with van der Waals surface area (Å²) in [7, 11) is 0. The van der Waals surface area contributed by atoms with Gasteiger partial charge in [-0.15, -0.1) is 0 Å². The molecule has 1 amide bonds. The second kappa shape index (κ2) is 9.17. The zero-order valence-electron chi connectivity index (χ0n) is 14.5. The van der Waals surface area contributed by atoms with E-state index in [2.05, 4.69) is 10.1 Å². The van der Waals surface area contributed by atoms with Crippen molar-refractivity contribution in [3.63, 3.8) is 0 Å². The van der Waals surface area contributed by atoms with E-state index < -0.39 is 18.7 Å². The summed E-state index contributed by atoms with van der Waals surface area (Å²) in [6.07, 6.45) is 3.58. The van der Waals surface area contributed by atoms with E-state index in [9.17, 15) is 18.4 Å². The quantitative estimate of drug-likeness (QED) is 0.535.